The summed E-state index contributed by atoms with van der Waals surface area (Å²) in [6.07, 6.45) is -4.75. The summed E-state index contributed by atoms with van der Waals surface area (Å²) in [6, 6.07) is 4.61. The van der Waals surface area contributed by atoms with Gasteiger partial charge in [-0.2, -0.15) is 13.2 Å². The number of rotatable bonds is 9. The fourth-order valence-corrected chi connectivity index (χ4v) is 3.59. The van der Waals surface area contributed by atoms with Crippen molar-refractivity contribution >= 4 is 28.7 Å². The molecule has 2 rings (SSSR count). The molecule has 0 bridgehead atoms. The van der Waals surface area contributed by atoms with E-state index in [9.17, 15) is 22.8 Å². The minimum Gasteiger partial charge on any atom is -0.489 e. The van der Waals surface area contributed by atoms with Crippen LogP contribution in [0.15, 0.2) is 24.3 Å². The molecule has 0 aliphatic rings. The third-order valence-corrected chi connectivity index (χ3v) is 5.01. The molecule has 0 radical (unpaired) electrons. The molecule has 0 fully saturated rings. The number of amides is 1. The summed E-state index contributed by atoms with van der Waals surface area (Å²) in [5.74, 6) is -0.652. The van der Waals surface area contributed by atoms with E-state index < -0.39 is 17.6 Å². The fraction of sp³-hybridized carbons (Fsp3) is 0.400. The number of nitrogens with one attached hydrogen (secondary N) is 1. The van der Waals surface area contributed by atoms with E-state index in [-0.39, 0.29) is 43.3 Å². The van der Waals surface area contributed by atoms with Gasteiger partial charge in [0.25, 0.3) is 0 Å². The molecule has 2 aromatic rings. The number of carbonyl (C=O) groups excluding carboxylic acids is 2. The highest BCUT2D eigenvalue weighted by atomic mass is 32.1. The molecule has 0 aliphatic carbocycles. The Hall–Kier alpha value is -2.39. The number of methoxy groups -OCH3 is 1. The van der Waals surface area contributed by atoms with Crippen molar-refractivity contribution in [3.63, 3.8) is 0 Å². The first kappa shape index (κ1) is 22.9. The molecule has 0 unspecified atom stereocenters. The number of ether oxygens (including phenoxy) is 2. The molecular weight excluding hydrogens is 407 g/mol. The molecule has 0 saturated carbocycles. The lowest BCUT2D eigenvalue weighted by Crippen LogP contribution is -2.16. The van der Waals surface area contributed by atoms with Crippen molar-refractivity contribution < 1.29 is 32.2 Å². The van der Waals surface area contributed by atoms with Gasteiger partial charge in [-0.25, -0.2) is 0 Å². The van der Waals surface area contributed by atoms with E-state index in [0.717, 1.165) is 28.0 Å². The van der Waals surface area contributed by atoms with E-state index in [1.54, 1.807) is 6.07 Å². The number of hydrogen-bond donors (Lipinski definition) is 1. The van der Waals surface area contributed by atoms with Crippen LogP contribution in [0.4, 0.5) is 18.9 Å². The van der Waals surface area contributed by atoms with E-state index in [1.165, 1.54) is 18.4 Å². The predicted octanol–water partition coefficient (Wildman–Crippen LogP) is 5.01. The molecule has 1 aromatic carbocycles. The average molecular weight is 429 g/mol. The van der Waals surface area contributed by atoms with Gasteiger partial charge in [0, 0.05) is 35.3 Å². The van der Waals surface area contributed by atoms with Crippen molar-refractivity contribution in [1.82, 2.24) is 0 Å². The highest BCUT2D eigenvalue weighted by molar-refractivity contribution is 7.12. The van der Waals surface area contributed by atoms with Gasteiger partial charge in [0.15, 0.2) is 5.78 Å². The van der Waals surface area contributed by atoms with Gasteiger partial charge in [-0.05, 0) is 38.1 Å². The Kier molecular flexibility index (Phi) is 7.80. The number of halogens is 3. The van der Waals surface area contributed by atoms with Gasteiger partial charge in [0.1, 0.15) is 12.4 Å². The van der Waals surface area contributed by atoms with Gasteiger partial charge < -0.3 is 14.8 Å². The van der Waals surface area contributed by atoms with Crippen LogP contribution in [-0.2, 0) is 15.7 Å². The molecular formula is C20H22F3NO4S. The summed E-state index contributed by atoms with van der Waals surface area (Å²) in [6.45, 7) is 4.07. The second-order valence-corrected chi connectivity index (χ2v) is 7.81. The summed E-state index contributed by atoms with van der Waals surface area (Å²) >= 11 is 1.49. The Balaban J connectivity index is 2.08. The smallest absolute Gasteiger partial charge is 0.416 e. The number of anilines is 1. The van der Waals surface area contributed by atoms with E-state index in [1.807, 2.05) is 13.8 Å². The highest BCUT2D eigenvalue weighted by Gasteiger charge is 2.31. The standard InChI is InChI=1S/C20H22F3NO4S/c1-12-10-15(13(2)29-12)17(25)5-7-19(26)24-16-11-14(20(21,22)23)4-6-18(16)28-9-8-27-3/h4,6,10-11H,5,7-9H2,1-3H3,(H,24,26). The van der Waals surface area contributed by atoms with E-state index in [2.05, 4.69) is 5.32 Å². The Bertz CT molecular complexity index is 877. The molecule has 1 amide bonds. The Morgan fingerprint density at radius 2 is 1.83 bits per heavy atom. The van der Waals surface area contributed by atoms with Crippen LogP contribution in [0.3, 0.4) is 0 Å². The Morgan fingerprint density at radius 1 is 1.10 bits per heavy atom. The molecule has 0 saturated heterocycles. The van der Waals surface area contributed by atoms with Crippen molar-refractivity contribution in [1.29, 1.82) is 0 Å². The Labute approximate surface area is 170 Å². The topological polar surface area (TPSA) is 64.6 Å². The Morgan fingerprint density at radius 3 is 2.41 bits per heavy atom. The quantitative estimate of drug-likeness (QED) is 0.450. The zero-order valence-corrected chi connectivity index (χ0v) is 17.1. The van der Waals surface area contributed by atoms with Gasteiger partial charge in [0.05, 0.1) is 17.9 Å². The van der Waals surface area contributed by atoms with Crippen LogP contribution in [0.5, 0.6) is 5.75 Å². The third-order valence-electron chi connectivity index (χ3n) is 4.05. The molecule has 158 valence electrons. The lowest BCUT2D eigenvalue weighted by molar-refractivity contribution is -0.137. The third kappa shape index (κ3) is 6.57. The molecule has 1 heterocycles. The van der Waals surface area contributed by atoms with Crippen molar-refractivity contribution in [3.8, 4) is 5.75 Å². The van der Waals surface area contributed by atoms with Gasteiger partial charge in [-0.1, -0.05) is 0 Å². The number of Topliss-reactive ketones (excluding diaryl/α,β-unsaturated/α-hetero) is 1. The monoisotopic (exact) mass is 429 g/mol. The molecule has 9 heteroatoms. The first-order chi connectivity index (χ1) is 13.6. The highest BCUT2D eigenvalue weighted by Crippen LogP contribution is 2.35. The van der Waals surface area contributed by atoms with Crippen LogP contribution in [0.2, 0.25) is 0 Å². The van der Waals surface area contributed by atoms with Crippen molar-refractivity contribution in [2.75, 3.05) is 25.6 Å². The summed E-state index contributed by atoms with van der Waals surface area (Å²) in [5, 5.41) is 2.42. The van der Waals surface area contributed by atoms with Gasteiger partial charge >= 0.3 is 6.18 Å². The maximum atomic E-state index is 13.0. The van der Waals surface area contributed by atoms with Crippen LogP contribution in [0.1, 0.15) is 38.5 Å². The van der Waals surface area contributed by atoms with Crippen LogP contribution in [0.25, 0.3) is 0 Å². The van der Waals surface area contributed by atoms with Crippen LogP contribution < -0.4 is 10.1 Å². The number of alkyl halides is 3. The second-order valence-electron chi connectivity index (χ2n) is 6.35. The first-order valence-electron chi connectivity index (χ1n) is 8.85. The van der Waals surface area contributed by atoms with Gasteiger partial charge in [0.2, 0.25) is 5.91 Å². The molecule has 5 nitrogen and oxygen atoms in total. The normalized spacial score (nSPS) is 11.4. The number of ketones is 1. The van der Waals surface area contributed by atoms with E-state index in [0.29, 0.717) is 5.56 Å². The summed E-state index contributed by atoms with van der Waals surface area (Å²) in [5.41, 5.74) is -0.439. The maximum absolute atomic E-state index is 13.0. The fourth-order valence-electron chi connectivity index (χ4n) is 2.65. The summed E-state index contributed by atoms with van der Waals surface area (Å²) in [4.78, 5) is 26.4. The predicted molar refractivity (Wildman–Crippen MR) is 105 cm³/mol. The van der Waals surface area contributed by atoms with E-state index in [4.69, 9.17) is 9.47 Å². The zero-order valence-electron chi connectivity index (χ0n) is 16.3. The minimum atomic E-state index is -4.56. The number of aryl methyl sites for hydroxylation is 2. The molecule has 0 spiro atoms. The summed E-state index contributed by atoms with van der Waals surface area (Å²) < 4.78 is 49.3. The molecule has 1 aromatic heterocycles. The van der Waals surface area contributed by atoms with Crippen LogP contribution in [0, 0.1) is 13.8 Å². The van der Waals surface area contributed by atoms with Crippen molar-refractivity contribution in [3.05, 3.63) is 45.1 Å². The molecule has 0 aliphatic heterocycles. The maximum Gasteiger partial charge on any atom is 0.416 e. The molecule has 0 atom stereocenters. The molecule has 29 heavy (non-hydrogen) atoms. The van der Waals surface area contributed by atoms with Gasteiger partial charge in [-0.3, -0.25) is 9.59 Å². The van der Waals surface area contributed by atoms with Crippen molar-refractivity contribution in [2.45, 2.75) is 32.9 Å². The number of hydrogen-bond acceptors (Lipinski definition) is 5. The van der Waals surface area contributed by atoms with Crippen LogP contribution in [-0.4, -0.2) is 32.0 Å². The van der Waals surface area contributed by atoms with Gasteiger partial charge in [-0.15, -0.1) is 11.3 Å². The SMILES string of the molecule is COCCOc1ccc(C(F)(F)F)cc1NC(=O)CCC(=O)c1cc(C)sc1C. The van der Waals surface area contributed by atoms with Crippen LogP contribution >= 0.6 is 11.3 Å². The first-order valence-corrected chi connectivity index (χ1v) is 9.66. The largest absolute Gasteiger partial charge is 0.489 e. The number of carbonyl (C=O) groups is 2. The zero-order chi connectivity index (χ0) is 21.6. The summed E-state index contributed by atoms with van der Waals surface area (Å²) in [7, 11) is 1.46. The minimum absolute atomic E-state index is 0.0400. The lowest BCUT2D eigenvalue weighted by Gasteiger charge is -2.15. The number of benzene rings is 1. The van der Waals surface area contributed by atoms with E-state index >= 15 is 0 Å². The average Bonchev–Trinajstić information content (AvgIpc) is 2.98. The molecule has 1 N–H and O–H groups in total. The number of thiophene rings is 1. The second kappa shape index (κ2) is 9.89. The lowest BCUT2D eigenvalue weighted by atomic mass is 10.1. The van der Waals surface area contributed by atoms with Crippen molar-refractivity contribution in [2.24, 2.45) is 0 Å².